The van der Waals surface area contributed by atoms with Crippen molar-refractivity contribution in [1.29, 1.82) is 0 Å². The van der Waals surface area contributed by atoms with E-state index in [0.717, 1.165) is 22.8 Å². The van der Waals surface area contributed by atoms with Crippen molar-refractivity contribution < 1.29 is 9.47 Å². The summed E-state index contributed by atoms with van der Waals surface area (Å²) >= 11 is 0. The van der Waals surface area contributed by atoms with E-state index in [1.54, 1.807) is 30.0 Å². The van der Waals surface area contributed by atoms with E-state index in [4.69, 9.17) is 14.5 Å². The van der Waals surface area contributed by atoms with Crippen molar-refractivity contribution in [2.75, 3.05) is 7.11 Å². The Kier molecular flexibility index (Phi) is 4.77. The standard InChI is InChI=1S/C22H23N3O3/c1-15-16(2)25-13-18(24-11-5-4-6-21(24)26)12-20(22(25)23-15)28-14-17-7-9-19(27-3)10-8-17/h4-13,15-16H,14H2,1-3H3. The van der Waals surface area contributed by atoms with Crippen molar-refractivity contribution in [2.24, 2.45) is 4.99 Å². The summed E-state index contributed by atoms with van der Waals surface area (Å²) in [7, 11) is 1.65. The van der Waals surface area contributed by atoms with Gasteiger partial charge in [-0.05, 0) is 37.6 Å². The van der Waals surface area contributed by atoms with Gasteiger partial charge in [-0.15, -0.1) is 0 Å². The summed E-state index contributed by atoms with van der Waals surface area (Å²) < 4.78 is 13.0. The predicted molar refractivity (Wildman–Crippen MR) is 109 cm³/mol. The fraction of sp³-hybridized carbons (Fsp3) is 0.273. The van der Waals surface area contributed by atoms with E-state index in [0.29, 0.717) is 12.4 Å². The number of ether oxygens (including phenoxy) is 2. The summed E-state index contributed by atoms with van der Waals surface area (Å²) in [6.45, 7) is 4.61. The lowest BCUT2D eigenvalue weighted by atomic mass is 10.1. The number of allylic oxidation sites excluding steroid dienone is 2. The molecule has 2 atom stereocenters. The zero-order valence-corrected chi connectivity index (χ0v) is 16.2. The van der Waals surface area contributed by atoms with Gasteiger partial charge in [0.05, 0.1) is 24.9 Å². The molecule has 144 valence electrons. The topological polar surface area (TPSA) is 56.1 Å². The lowest BCUT2D eigenvalue weighted by molar-refractivity contribution is 0.211. The number of hydrogen-bond acceptors (Lipinski definition) is 5. The van der Waals surface area contributed by atoms with Gasteiger partial charge in [-0.1, -0.05) is 18.2 Å². The monoisotopic (exact) mass is 377 g/mol. The molecule has 0 bridgehead atoms. The fourth-order valence-electron chi connectivity index (χ4n) is 3.30. The quantitative estimate of drug-likeness (QED) is 0.803. The summed E-state index contributed by atoms with van der Waals surface area (Å²) in [6.07, 6.45) is 5.61. The second kappa shape index (κ2) is 7.38. The minimum absolute atomic E-state index is 0.0835. The molecular formula is C22H23N3O3. The Bertz CT molecular complexity index is 1020. The van der Waals surface area contributed by atoms with Gasteiger partial charge in [-0.2, -0.15) is 0 Å². The SMILES string of the molecule is COc1ccc(COC2=CC(n3ccccc3=O)=CN3C2=NC(C)C3C)cc1. The number of benzene rings is 1. The number of hydrogen-bond donors (Lipinski definition) is 0. The predicted octanol–water partition coefficient (Wildman–Crippen LogP) is 3.26. The molecule has 1 aromatic carbocycles. The molecule has 28 heavy (non-hydrogen) atoms. The van der Waals surface area contributed by atoms with Crippen LogP contribution in [0.3, 0.4) is 0 Å². The van der Waals surface area contributed by atoms with Gasteiger partial charge in [-0.25, -0.2) is 0 Å². The van der Waals surface area contributed by atoms with Crippen molar-refractivity contribution in [2.45, 2.75) is 32.5 Å². The molecule has 0 fully saturated rings. The first-order valence-corrected chi connectivity index (χ1v) is 9.30. The van der Waals surface area contributed by atoms with E-state index in [1.807, 2.05) is 42.6 Å². The first-order valence-electron chi connectivity index (χ1n) is 9.30. The van der Waals surface area contributed by atoms with Crippen molar-refractivity contribution in [3.8, 4) is 5.75 Å². The van der Waals surface area contributed by atoms with Gasteiger partial charge in [0, 0.05) is 24.5 Å². The van der Waals surface area contributed by atoms with Crippen LogP contribution in [0.15, 0.2) is 76.5 Å². The lowest BCUT2D eigenvalue weighted by Gasteiger charge is -2.28. The summed E-state index contributed by atoms with van der Waals surface area (Å²) in [5.41, 5.74) is 1.70. The van der Waals surface area contributed by atoms with Gasteiger partial charge < -0.3 is 14.4 Å². The Morgan fingerprint density at radius 1 is 1.11 bits per heavy atom. The molecule has 0 spiro atoms. The van der Waals surface area contributed by atoms with E-state index in [9.17, 15) is 4.79 Å². The number of fused-ring (bicyclic) bond motifs is 1. The molecule has 0 amide bonds. The maximum absolute atomic E-state index is 12.3. The second-order valence-electron chi connectivity index (χ2n) is 6.95. The van der Waals surface area contributed by atoms with Gasteiger partial charge in [0.15, 0.2) is 11.6 Å². The molecule has 0 N–H and O–H groups in total. The van der Waals surface area contributed by atoms with Crippen LogP contribution < -0.4 is 10.3 Å². The largest absolute Gasteiger partial charge is 0.497 e. The van der Waals surface area contributed by atoms with Crippen LogP contribution in [-0.4, -0.2) is 34.5 Å². The van der Waals surface area contributed by atoms with Gasteiger partial charge in [0.1, 0.15) is 12.4 Å². The Balaban J connectivity index is 1.64. The highest BCUT2D eigenvalue weighted by molar-refractivity contribution is 6.02. The highest BCUT2D eigenvalue weighted by Gasteiger charge is 2.34. The molecule has 4 rings (SSSR count). The highest BCUT2D eigenvalue weighted by Crippen LogP contribution is 2.29. The van der Waals surface area contributed by atoms with Crippen molar-refractivity contribution >= 4 is 11.5 Å². The molecule has 0 aliphatic carbocycles. The van der Waals surface area contributed by atoms with E-state index >= 15 is 0 Å². The van der Waals surface area contributed by atoms with E-state index in [2.05, 4.69) is 18.7 Å². The van der Waals surface area contributed by atoms with Gasteiger partial charge >= 0.3 is 0 Å². The Labute approximate surface area is 164 Å². The van der Waals surface area contributed by atoms with Crippen molar-refractivity contribution in [3.05, 3.63) is 82.6 Å². The summed E-state index contributed by atoms with van der Waals surface area (Å²) in [4.78, 5) is 19.1. The van der Waals surface area contributed by atoms with Gasteiger partial charge in [0.25, 0.3) is 5.56 Å². The second-order valence-corrected chi connectivity index (χ2v) is 6.95. The van der Waals surface area contributed by atoms with Gasteiger partial charge in [0.2, 0.25) is 0 Å². The van der Waals surface area contributed by atoms with Crippen LogP contribution in [0.1, 0.15) is 19.4 Å². The molecule has 0 radical (unpaired) electrons. The Morgan fingerprint density at radius 2 is 1.89 bits per heavy atom. The molecule has 6 nitrogen and oxygen atoms in total. The third kappa shape index (κ3) is 3.33. The van der Waals surface area contributed by atoms with Crippen molar-refractivity contribution in [3.63, 3.8) is 0 Å². The Morgan fingerprint density at radius 3 is 2.61 bits per heavy atom. The molecule has 1 aromatic heterocycles. The molecule has 2 aromatic rings. The number of methoxy groups -OCH3 is 1. The lowest BCUT2D eigenvalue weighted by Crippen LogP contribution is -2.36. The maximum Gasteiger partial charge on any atom is 0.255 e. The summed E-state index contributed by atoms with van der Waals surface area (Å²) in [6, 6.07) is 13.2. The van der Waals surface area contributed by atoms with Crippen molar-refractivity contribution in [1.82, 2.24) is 9.47 Å². The molecule has 2 aliphatic heterocycles. The highest BCUT2D eigenvalue weighted by atomic mass is 16.5. The number of amidine groups is 1. The molecule has 3 heterocycles. The zero-order chi connectivity index (χ0) is 19.7. The van der Waals surface area contributed by atoms with E-state index in [-0.39, 0.29) is 17.6 Å². The number of nitrogens with zero attached hydrogens (tertiary/aromatic N) is 3. The third-order valence-corrected chi connectivity index (χ3v) is 5.13. The third-order valence-electron chi connectivity index (χ3n) is 5.13. The Hall–Kier alpha value is -3.28. The van der Waals surface area contributed by atoms with E-state index < -0.39 is 0 Å². The average molecular weight is 377 g/mol. The summed E-state index contributed by atoms with van der Waals surface area (Å²) in [5.74, 6) is 2.28. The first-order chi connectivity index (χ1) is 13.6. The minimum Gasteiger partial charge on any atom is -0.497 e. The van der Waals surface area contributed by atoms with Crippen LogP contribution >= 0.6 is 0 Å². The maximum atomic E-state index is 12.3. The van der Waals surface area contributed by atoms with Crippen LogP contribution in [0.4, 0.5) is 0 Å². The average Bonchev–Trinajstić information content (AvgIpc) is 3.01. The number of aromatic nitrogens is 1. The first kappa shape index (κ1) is 18.1. The van der Waals surface area contributed by atoms with Crippen LogP contribution in [0.25, 0.3) is 5.70 Å². The molecule has 2 aliphatic rings. The molecular weight excluding hydrogens is 354 g/mol. The number of pyridine rings is 1. The van der Waals surface area contributed by atoms with Crippen LogP contribution in [0, 0.1) is 0 Å². The van der Waals surface area contributed by atoms with Crippen LogP contribution in [0.5, 0.6) is 5.75 Å². The number of rotatable bonds is 5. The molecule has 0 saturated carbocycles. The molecule has 0 saturated heterocycles. The van der Waals surface area contributed by atoms with Crippen LogP contribution in [0.2, 0.25) is 0 Å². The van der Waals surface area contributed by atoms with Gasteiger partial charge in [-0.3, -0.25) is 14.4 Å². The zero-order valence-electron chi connectivity index (χ0n) is 16.2. The normalized spacial score (nSPS) is 20.8. The van der Waals surface area contributed by atoms with E-state index in [1.165, 1.54) is 0 Å². The summed E-state index contributed by atoms with van der Waals surface area (Å²) in [5, 5.41) is 0. The number of aliphatic imine (C=N–C) groups is 1. The smallest absolute Gasteiger partial charge is 0.255 e. The minimum atomic E-state index is -0.0835. The molecule has 2 unspecified atom stereocenters. The fourth-order valence-corrected chi connectivity index (χ4v) is 3.30. The van der Waals surface area contributed by atoms with Crippen LogP contribution in [-0.2, 0) is 11.3 Å². The molecule has 6 heteroatoms.